The molecule has 2 heterocycles. The monoisotopic (exact) mass is 355 g/mol. The van der Waals surface area contributed by atoms with Gasteiger partial charge in [0.1, 0.15) is 10.7 Å². The molecule has 114 valence electrons. The topological polar surface area (TPSA) is 74.7 Å². The minimum atomic E-state index is -0.728. The summed E-state index contributed by atoms with van der Waals surface area (Å²) >= 11 is 3.30. The predicted octanol–water partition coefficient (Wildman–Crippen LogP) is 1.91. The number of aromatic nitrogens is 1. The second kappa shape index (κ2) is 5.55. The van der Waals surface area contributed by atoms with E-state index in [2.05, 4.69) is 26.2 Å². The van der Waals surface area contributed by atoms with Gasteiger partial charge in [0.25, 0.3) is 0 Å². The average Bonchev–Trinajstić information content (AvgIpc) is 3.21. The lowest BCUT2D eigenvalue weighted by atomic mass is 10.1. The molecule has 1 aliphatic carbocycles. The molecule has 0 aromatic carbocycles. The Morgan fingerprint density at radius 2 is 2.38 bits per heavy atom. The summed E-state index contributed by atoms with van der Waals surface area (Å²) < 4.78 is 6.32. The maximum absolute atomic E-state index is 12.3. The molecule has 1 saturated carbocycles. The molecule has 0 radical (unpaired) electrons. The third-order valence-electron chi connectivity index (χ3n) is 4.03. The first-order valence-corrected chi connectivity index (χ1v) is 7.79. The van der Waals surface area contributed by atoms with Crippen LogP contribution in [0.1, 0.15) is 18.4 Å². The lowest BCUT2D eigenvalue weighted by Crippen LogP contribution is -2.52. The molecule has 1 unspecified atom stereocenters. The molecule has 1 aromatic heterocycles. The standard InChI is InChI=1S/C14H18BrN3O3/c1-9-6-12(15)16-7-10(9)17-13(19)18-4-5-21-11(8-18)14(20)2-3-14/h6-7,11,20H,2-5,8H2,1H3,(H,17,19). The van der Waals surface area contributed by atoms with E-state index in [1.54, 1.807) is 11.1 Å². The number of aryl methyl sites for hydroxylation is 1. The van der Waals surface area contributed by atoms with Gasteiger partial charge in [-0.15, -0.1) is 0 Å². The highest BCUT2D eigenvalue weighted by atomic mass is 79.9. The second-order valence-electron chi connectivity index (χ2n) is 5.66. The van der Waals surface area contributed by atoms with Crippen molar-refractivity contribution in [1.29, 1.82) is 0 Å². The Kier molecular flexibility index (Phi) is 3.90. The maximum atomic E-state index is 12.3. The van der Waals surface area contributed by atoms with Crippen LogP contribution in [0.4, 0.5) is 10.5 Å². The number of carbonyl (C=O) groups excluding carboxylic acids is 1. The number of morpholine rings is 1. The fraction of sp³-hybridized carbons (Fsp3) is 0.571. The Morgan fingerprint density at radius 1 is 1.62 bits per heavy atom. The number of rotatable bonds is 2. The van der Waals surface area contributed by atoms with Crippen LogP contribution in [0.3, 0.4) is 0 Å². The normalized spacial score (nSPS) is 23.8. The minimum absolute atomic E-state index is 0.181. The number of anilines is 1. The number of pyridine rings is 1. The van der Waals surface area contributed by atoms with Crippen molar-refractivity contribution in [2.24, 2.45) is 0 Å². The molecule has 21 heavy (non-hydrogen) atoms. The number of hydrogen-bond donors (Lipinski definition) is 2. The van der Waals surface area contributed by atoms with Crippen molar-refractivity contribution in [2.45, 2.75) is 31.5 Å². The molecule has 2 aliphatic rings. The molecular formula is C14H18BrN3O3. The van der Waals surface area contributed by atoms with E-state index in [1.165, 1.54) is 0 Å². The van der Waals surface area contributed by atoms with Gasteiger partial charge in [0, 0.05) is 6.54 Å². The van der Waals surface area contributed by atoms with Crippen molar-refractivity contribution < 1.29 is 14.6 Å². The van der Waals surface area contributed by atoms with E-state index in [0.717, 1.165) is 23.0 Å². The van der Waals surface area contributed by atoms with Gasteiger partial charge in [0.15, 0.2) is 0 Å². The summed E-state index contributed by atoms with van der Waals surface area (Å²) in [5.74, 6) is 0. The van der Waals surface area contributed by atoms with E-state index in [0.29, 0.717) is 25.4 Å². The first kappa shape index (κ1) is 14.7. The molecule has 0 spiro atoms. The van der Waals surface area contributed by atoms with Gasteiger partial charge < -0.3 is 20.1 Å². The molecule has 2 N–H and O–H groups in total. The van der Waals surface area contributed by atoms with Gasteiger partial charge in [-0.1, -0.05) is 0 Å². The molecule has 1 aromatic rings. The zero-order valence-corrected chi connectivity index (χ0v) is 13.4. The smallest absolute Gasteiger partial charge is 0.322 e. The summed E-state index contributed by atoms with van der Waals surface area (Å²) in [4.78, 5) is 18.1. The molecule has 7 heteroatoms. The number of urea groups is 1. The Labute approximate surface area is 131 Å². The molecule has 2 amide bonds. The number of halogens is 1. The number of ether oxygens (including phenoxy) is 1. The number of amides is 2. The van der Waals surface area contributed by atoms with Crippen LogP contribution in [-0.2, 0) is 4.74 Å². The van der Waals surface area contributed by atoms with E-state index in [-0.39, 0.29) is 12.1 Å². The van der Waals surface area contributed by atoms with Gasteiger partial charge in [-0.2, -0.15) is 0 Å². The SMILES string of the molecule is Cc1cc(Br)ncc1NC(=O)N1CCOC(C2(O)CC2)C1. The molecule has 1 atom stereocenters. The molecule has 3 rings (SSSR count). The van der Waals surface area contributed by atoms with Crippen molar-refractivity contribution >= 4 is 27.6 Å². The highest BCUT2D eigenvalue weighted by Crippen LogP contribution is 2.41. The summed E-state index contributed by atoms with van der Waals surface area (Å²) in [5.41, 5.74) is 0.904. The Balaban J connectivity index is 1.64. The fourth-order valence-corrected chi connectivity index (χ4v) is 2.90. The van der Waals surface area contributed by atoms with Gasteiger partial charge in [-0.25, -0.2) is 9.78 Å². The third kappa shape index (κ3) is 3.20. The molecule has 6 nitrogen and oxygen atoms in total. The van der Waals surface area contributed by atoms with E-state index in [1.807, 2.05) is 13.0 Å². The highest BCUT2D eigenvalue weighted by Gasteiger charge is 2.50. The van der Waals surface area contributed by atoms with Gasteiger partial charge in [-0.3, -0.25) is 0 Å². The molecular weight excluding hydrogens is 338 g/mol. The summed E-state index contributed by atoms with van der Waals surface area (Å²) in [6.45, 7) is 3.32. The molecule has 0 bridgehead atoms. The number of nitrogens with one attached hydrogen (secondary N) is 1. The maximum Gasteiger partial charge on any atom is 0.322 e. The minimum Gasteiger partial charge on any atom is -0.387 e. The summed E-state index contributed by atoms with van der Waals surface area (Å²) in [6, 6.07) is 1.67. The van der Waals surface area contributed by atoms with Crippen LogP contribution in [0.5, 0.6) is 0 Å². The fourth-order valence-electron chi connectivity index (χ4n) is 2.46. The van der Waals surface area contributed by atoms with E-state index >= 15 is 0 Å². The number of hydrogen-bond acceptors (Lipinski definition) is 4. The lowest BCUT2D eigenvalue weighted by molar-refractivity contribution is -0.0894. The Bertz CT molecular complexity index is 562. The summed E-state index contributed by atoms with van der Waals surface area (Å²) in [5, 5.41) is 13.0. The predicted molar refractivity (Wildman–Crippen MR) is 81.2 cm³/mol. The van der Waals surface area contributed by atoms with Crippen LogP contribution < -0.4 is 5.32 Å². The molecule has 1 aliphatic heterocycles. The molecule has 2 fully saturated rings. The first-order chi connectivity index (χ1) is 9.98. The van der Waals surface area contributed by atoms with Gasteiger partial charge in [0.05, 0.1) is 30.6 Å². The quantitative estimate of drug-likeness (QED) is 0.794. The lowest BCUT2D eigenvalue weighted by Gasteiger charge is -2.35. The van der Waals surface area contributed by atoms with Gasteiger partial charge >= 0.3 is 6.03 Å². The van der Waals surface area contributed by atoms with Gasteiger partial charge in [0.2, 0.25) is 0 Å². The summed E-state index contributed by atoms with van der Waals surface area (Å²) in [6.07, 6.45) is 2.86. The number of carbonyl (C=O) groups is 1. The molecule has 1 saturated heterocycles. The average molecular weight is 356 g/mol. The van der Waals surface area contributed by atoms with Crippen molar-refractivity contribution in [3.05, 3.63) is 22.4 Å². The van der Waals surface area contributed by atoms with E-state index < -0.39 is 5.60 Å². The Morgan fingerprint density at radius 3 is 3.05 bits per heavy atom. The van der Waals surface area contributed by atoms with Gasteiger partial charge in [-0.05, 0) is 47.3 Å². The van der Waals surface area contributed by atoms with Crippen molar-refractivity contribution in [3.63, 3.8) is 0 Å². The van der Waals surface area contributed by atoms with Crippen molar-refractivity contribution in [1.82, 2.24) is 9.88 Å². The highest BCUT2D eigenvalue weighted by molar-refractivity contribution is 9.10. The van der Waals surface area contributed by atoms with Crippen LogP contribution in [0.2, 0.25) is 0 Å². The van der Waals surface area contributed by atoms with E-state index in [9.17, 15) is 9.90 Å². The van der Waals surface area contributed by atoms with Crippen molar-refractivity contribution in [3.8, 4) is 0 Å². The second-order valence-corrected chi connectivity index (χ2v) is 6.47. The van der Waals surface area contributed by atoms with Crippen LogP contribution in [-0.4, -0.2) is 52.4 Å². The summed E-state index contributed by atoms with van der Waals surface area (Å²) in [7, 11) is 0. The third-order valence-corrected chi connectivity index (χ3v) is 4.47. The van der Waals surface area contributed by atoms with Crippen LogP contribution in [0.15, 0.2) is 16.9 Å². The number of aliphatic hydroxyl groups is 1. The van der Waals surface area contributed by atoms with Crippen molar-refractivity contribution in [2.75, 3.05) is 25.0 Å². The Hall–Kier alpha value is -1.18. The van der Waals surface area contributed by atoms with Crippen LogP contribution in [0, 0.1) is 6.92 Å². The zero-order chi connectivity index (χ0) is 15.0. The largest absolute Gasteiger partial charge is 0.387 e. The first-order valence-electron chi connectivity index (χ1n) is 7.00. The van der Waals surface area contributed by atoms with E-state index in [4.69, 9.17) is 4.74 Å². The van der Waals surface area contributed by atoms with Crippen LogP contribution in [0.25, 0.3) is 0 Å². The zero-order valence-electron chi connectivity index (χ0n) is 11.8. The number of nitrogens with zero attached hydrogens (tertiary/aromatic N) is 2. The van der Waals surface area contributed by atoms with Crippen LogP contribution >= 0.6 is 15.9 Å².